The Labute approximate surface area is 146 Å². The van der Waals surface area contributed by atoms with E-state index < -0.39 is 5.82 Å². The third-order valence-electron chi connectivity index (χ3n) is 3.36. The number of thiazole rings is 1. The molecule has 0 unspecified atom stereocenters. The minimum Gasteiger partial charge on any atom is -0.486 e. The number of ether oxygens (including phenoxy) is 1. The van der Waals surface area contributed by atoms with Crippen LogP contribution < -0.4 is 10.5 Å². The fourth-order valence-electron chi connectivity index (χ4n) is 2.08. The maximum Gasteiger partial charge on any atom is 0.165 e. The van der Waals surface area contributed by atoms with Gasteiger partial charge in [0.1, 0.15) is 11.6 Å². The van der Waals surface area contributed by atoms with E-state index in [2.05, 4.69) is 4.98 Å². The van der Waals surface area contributed by atoms with Crippen LogP contribution in [-0.2, 0) is 0 Å². The zero-order chi connectivity index (χ0) is 17.1. The molecule has 0 fully saturated rings. The first-order chi connectivity index (χ1) is 11.6. The molecule has 0 saturated carbocycles. The highest BCUT2D eigenvalue weighted by Gasteiger charge is 2.11. The van der Waals surface area contributed by atoms with Gasteiger partial charge in [-0.15, -0.1) is 11.3 Å². The summed E-state index contributed by atoms with van der Waals surface area (Å²) in [5.74, 6) is -0.504. The van der Waals surface area contributed by atoms with Crippen molar-refractivity contribution in [2.45, 2.75) is 0 Å². The lowest BCUT2D eigenvalue weighted by molar-refractivity contribution is 0.328. The van der Waals surface area contributed by atoms with E-state index in [-0.39, 0.29) is 24.5 Å². The van der Waals surface area contributed by atoms with Gasteiger partial charge in [-0.2, -0.15) is 0 Å². The van der Waals surface area contributed by atoms with Crippen molar-refractivity contribution in [3.05, 3.63) is 59.1 Å². The van der Waals surface area contributed by atoms with Crippen LogP contribution in [-0.4, -0.2) is 18.1 Å². The largest absolute Gasteiger partial charge is 0.486 e. The van der Waals surface area contributed by atoms with Crippen molar-refractivity contribution in [2.75, 3.05) is 13.2 Å². The molecule has 0 amide bonds. The zero-order valence-electron chi connectivity index (χ0n) is 12.4. The maximum atomic E-state index is 14.2. The molecule has 7 heteroatoms. The molecule has 1 heterocycles. The third-order valence-corrected chi connectivity index (χ3v) is 4.66. The number of fused-ring (bicyclic) bond motifs is 1. The molecule has 0 radical (unpaired) electrons. The predicted octanol–water partition coefficient (Wildman–Crippen LogP) is 4.95. The molecule has 3 rings (SSSR count). The second kappa shape index (κ2) is 7.25. The van der Waals surface area contributed by atoms with Crippen LogP contribution in [0.4, 0.5) is 8.78 Å². The van der Waals surface area contributed by atoms with Crippen molar-refractivity contribution < 1.29 is 13.5 Å². The van der Waals surface area contributed by atoms with Gasteiger partial charge in [-0.25, -0.2) is 13.8 Å². The summed E-state index contributed by atoms with van der Waals surface area (Å²) in [6.45, 7) is -0.0760. The number of nitrogens with two attached hydrogens (primary N) is 1. The molecule has 3 nitrogen and oxygen atoms in total. The summed E-state index contributed by atoms with van der Waals surface area (Å²) in [6, 6.07) is 9.95. The van der Waals surface area contributed by atoms with Crippen LogP contribution in [0.3, 0.4) is 0 Å². The Balaban J connectivity index is 1.85. The molecular formula is C17H13ClF2N2OS. The Kier molecular flexibility index (Phi) is 5.08. The van der Waals surface area contributed by atoms with E-state index in [1.807, 2.05) is 12.1 Å². The molecule has 0 aliphatic rings. The summed E-state index contributed by atoms with van der Waals surface area (Å²) >= 11 is 7.39. The Morgan fingerprint density at radius 1 is 1.29 bits per heavy atom. The molecule has 0 aliphatic heterocycles. The normalized spacial score (nSPS) is 11.9. The average Bonchev–Trinajstić information content (AvgIpc) is 3.00. The van der Waals surface area contributed by atoms with Crippen molar-refractivity contribution in [2.24, 2.45) is 5.73 Å². The lowest BCUT2D eigenvalue weighted by Gasteiger charge is -2.08. The lowest BCUT2D eigenvalue weighted by Crippen LogP contribution is -2.11. The van der Waals surface area contributed by atoms with E-state index in [9.17, 15) is 8.78 Å². The van der Waals surface area contributed by atoms with Crippen LogP contribution in [0.25, 0.3) is 20.8 Å². The number of nitrogens with zero attached hydrogens (tertiary/aromatic N) is 1. The van der Waals surface area contributed by atoms with Gasteiger partial charge in [0.2, 0.25) is 0 Å². The quantitative estimate of drug-likeness (QED) is 0.695. The highest BCUT2D eigenvalue weighted by molar-refractivity contribution is 7.21. The Morgan fingerprint density at radius 2 is 2.12 bits per heavy atom. The molecule has 3 aromatic rings. The fraction of sp³-hybridized carbons (Fsp3) is 0.118. The highest BCUT2D eigenvalue weighted by Crippen LogP contribution is 2.33. The molecule has 0 spiro atoms. The van der Waals surface area contributed by atoms with E-state index in [0.29, 0.717) is 21.9 Å². The van der Waals surface area contributed by atoms with Crippen molar-refractivity contribution in [1.82, 2.24) is 4.98 Å². The van der Waals surface area contributed by atoms with Gasteiger partial charge in [-0.1, -0.05) is 11.6 Å². The smallest absolute Gasteiger partial charge is 0.165 e. The molecule has 1 aromatic heterocycles. The van der Waals surface area contributed by atoms with Crippen LogP contribution in [0, 0.1) is 5.82 Å². The SMILES string of the molecule is NC/C(=C/F)COc1ccc(-c2nc3ccc(Cl)cc3s2)cc1F. The molecular weight excluding hydrogens is 354 g/mol. The topological polar surface area (TPSA) is 48.1 Å². The number of hydrogen-bond acceptors (Lipinski definition) is 4. The van der Waals surface area contributed by atoms with E-state index in [1.54, 1.807) is 12.1 Å². The van der Waals surface area contributed by atoms with Crippen molar-refractivity contribution in [1.29, 1.82) is 0 Å². The van der Waals surface area contributed by atoms with Gasteiger partial charge in [-0.05, 0) is 36.4 Å². The predicted molar refractivity (Wildman–Crippen MR) is 93.8 cm³/mol. The molecule has 0 bridgehead atoms. The highest BCUT2D eigenvalue weighted by atomic mass is 35.5. The van der Waals surface area contributed by atoms with Crippen LogP contribution in [0.15, 0.2) is 48.3 Å². The van der Waals surface area contributed by atoms with E-state index in [0.717, 1.165) is 10.2 Å². The minimum atomic E-state index is -0.542. The minimum absolute atomic E-state index is 0.0183. The van der Waals surface area contributed by atoms with Crippen molar-refractivity contribution in [3.8, 4) is 16.3 Å². The summed E-state index contributed by atoms with van der Waals surface area (Å²) in [6.07, 6.45) is 0.374. The Morgan fingerprint density at radius 3 is 2.83 bits per heavy atom. The molecule has 0 saturated heterocycles. The van der Waals surface area contributed by atoms with Gasteiger partial charge in [0.05, 0.1) is 16.5 Å². The molecule has 24 heavy (non-hydrogen) atoms. The standard InChI is InChI=1S/C17H13ClF2N2OS/c18-12-2-3-14-16(6-12)24-17(22-14)11-1-4-15(13(20)5-11)23-9-10(7-19)8-21/h1-7H,8-9,21H2/b10-7-. The van der Waals surface area contributed by atoms with Gasteiger partial charge in [0, 0.05) is 22.7 Å². The van der Waals surface area contributed by atoms with Gasteiger partial charge >= 0.3 is 0 Å². The lowest BCUT2D eigenvalue weighted by atomic mass is 10.2. The number of benzene rings is 2. The van der Waals surface area contributed by atoms with E-state index in [4.69, 9.17) is 22.1 Å². The molecule has 0 atom stereocenters. The Hall–Kier alpha value is -2.02. The van der Waals surface area contributed by atoms with Crippen molar-refractivity contribution in [3.63, 3.8) is 0 Å². The molecule has 2 aromatic carbocycles. The zero-order valence-corrected chi connectivity index (χ0v) is 14.0. The third kappa shape index (κ3) is 3.56. The molecule has 124 valence electrons. The number of hydrogen-bond donors (Lipinski definition) is 1. The second-order valence-electron chi connectivity index (χ2n) is 5.04. The van der Waals surface area contributed by atoms with E-state index >= 15 is 0 Å². The first-order valence-corrected chi connectivity index (χ1v) is 8.27. The monoisotopic (exact) mass is 366 g/mol. The van der Waals surface area contributed by atoms with Crippen LogP contribution in [0.2, 0.25) is 5.02 Å². The summed E-state index contributed by atoms with van der Waals surface area (Å²) in [5.41, 5.74) is 7.03. The van der Waals surface area contributed by atoms with Gasteiger partial charge in [0.15, 0.2) is 11.6 Å². The maximum absolute atomic E-state index is 14.2. The Bertz CT molecular complexity index is 911. The first kappa shape index (κ1) is 16.8. The van der Waals surface area contributed by atoms with Crippen molar-refractivity contribution >= 4 is 33.2 Å². The van der Waals surface area contributed by atoms with E-state index in [1.165, 1.54) is 23.5 Å². The summed E-state index contributed by atoms with van der Waals surface area (Å²) in [4.78, 5) is 4.47. The number of rotatable bonds is 5. The fourth-order valence-corrected chi connectivity index (χ4v) is 3.32. The van der Waals surface area contributed by atoms with Gasteiger partial charge in [0.25, 0.3) is 0 Å². The summed E-state index contributed by atoms with van der Waals surface area (Å²) in [7, 11) is 0. The van der Waals surface area contributed by atoms with Crippen LogP contribution in [0.1, 0.15) is 0 Å². The van der Waals surface area contributed by atoms with Crippen LogP contribution in [0.5, 0.6) is 5.75 Å². The van der Waals surface area contributed by atoms with Gasteiger partial charge in [-0.3, -0.25) is 0 Å². The molecule has 0 aliphatic carbocycles. The number of halogens is 3. The van der Waals surface area contributed by atoms with Crippen LogP contribution >= 0.6 is 22.9 Å². The number of aromatic nitrogens is 1. The molecule has 2 N–H and O–H groups in total. The first-order valence-electron chi connectivity index (χ1n) is 7.07. The van der Waals surface area contributed by atoms with Gasteiger partial charge < -0.3 is 10.5 Å². The second-order valence-corrected chi connectivity index (χ2v) is 6.50. The summed E-state index contributed by atoms with van der Waals surface area (Å²) < 4.78 is 32.8. The average molecular weight is 367 g/mol. The summed E-state index contributed by atoms with van der Waals surface area (Å²) in [5, 5.41) is 1.31.